The molecular formula is C20H22F3NO3. The van der Waals surface area contributed by atoms with Gasteiger partial charge in [0.15, 0.2) is 0 Å². The first-order chi connectivity index (χ1) is 12.5. The molecule has 0 aliphatic rings. The molecule has 2 N–H and O–H groups in total. The van der Waals surface area contributed by atoms with E-state index in [9.17, 15) is 18.0 Å². The van der Waals surface area contributed by atoms with E-state index in [1.807, 2.05) is 26.8 Å². The van der Waals surface area contributed by atoms with Crippen LogP contribution in [0.25, 0.3) is 0 Å². The smallest absolute Gasteiger partial charge is 0.416 e. The number of rotatable bonds is 5. The number of ether oxygens (including phenoxy) is 2. The van der Waals surface area contributed by atoms with E-state index in [4.69, 9.17) is 15.2 Å². The van der Waals surface area contributed by atoms with Crippen molar-refractivity contribution in [2.75, 3.05) is 12.8 Å². The molecule has 0 radical (unpaired) electrons. The van der Waals surface area contributed by atoms with Crippen molar-refractivity contribution >= 4 is 11.7 Å². The van der Waals surface area contributed by atoms with E-state index in [0.29, 0.717) is 0 Å². The highest BCUT2D eigenvalue weighted by molar-refractivity contribution is 5.93. The lowest BCUT2D eigenvalue weighted by Gasteiger charge is -2.24. The largest absolute Gasteiger partial charge is 0.465 e. The number of anilines is 1. The van der Waals surface area contributed by atoms with Crippen LogP contribution in [0.1, 0.15) is 48.7 Å². The summed E-state index contributed by atoms with van der Waals surface area (Å²) in [4.78, 5) is 12.2. The zero-order chi connectivity index (χ0) is 20.4. The number of nitrogen functional groups attached to an aromatic ring is 1. The van der Waals surface area contributed by atoms with Crippen LogP contribution in [0.2, 0.25) is 0 Å². The second-order valence-electron chi connectivity index (χ2n) is 6.79. The normalized spacial score (nSPS) is 12.0. The molecule has 2 rings (SSSR count). The Labute approximate surface area is 156 Å². The molecule has 0 spiro atoms. The minimum atomic E-state index is -4.50. The maximum absolute atomic E-state index is 12.8. The number of carbonyl (C=O) groups excluding carboxylic acids is 1. The Hall–Kier alpha value is -2.70. The summed E-state index contributed by atoms with van der Waals surface area (Å²) in [5.74, 6) is -0.427. The predicted molar refractivity (Wildman–Crippen MR) is 97.0 cm³/mol. The van der Waals surface area contributed by atoms with Crippen molar-refractivity contribution in [3.8, 4) is 11.5 Å². The molecule has 27 heavy (non-hydrogen) atoms. The lowest BCUT2D eigenvalue weighted by molar-refractivity contribution is -0.137. The number of esters is 1. The molecule has 0 aliphatic heterocycles. The van der Waals surface area contributed by atoms with E-state index in [0.717, 1.165) is 30.2 Å². The minimum absolute atomic E-state index is 0.0238. The first kappa shape index (κ1) is 20.6. The topological polar surface area (TPSA) is 61.5 Å². The summed E-state index contributed by atoms with van der Waals surface area (Å²) in [5.41, 5.74) is 5.57. The number of nitrogens with two attached hydrogens (primary N) is 1. The van der Waals surface area contributed by atoms with Crippen LogP contribution in [0.3, 0.4) is 0 Å². The summed E-state index contributed by atoms with van der Waals surface area (Å²) < 4.78 is 48.8. The third-order valence-corrected chi connectivity index (χ3v) is 4.61. The van der Waals surface area contributed by atoms with Crippen molar-refractivity contribution in [1.82, 2.24) is 0 Å². The molecule has 0 atom stereocenters. The van der Waals surface area contributed by atoms with Gasteiger partial charge in [-0.1, -0.05) is 26.8 Å². The number of carbonyl (C=O) groups is 1. The summed E-state index contributed by atoms with van der Waals surface area (Å²) >= 11 is 0. The van der Waals surface area contributed by atoms with Gasteiger partial charge in [0.25, 0.3) is 0 Å². The van der Waals surface area contributed by atoms with Gasteiger partial charge in [-0.25, -0.2) is 4.79 Å². The summed E-state index contributed by atoms with van der Waals surface area (Å²) in [7, 11) is 1.25. The van der Waals surface area contributed by atoms with Gasteiger partial charge in [-0.05, 0) is 47.7 Å². The predicted octanol–water partition coefficient (Wildman–Crippen LogP) is 5.55. The summed E-state index contributed by atoms with van der Waals surface area (Å²) in [6.07, 6.45) is -3.66. The summed E-state index contributed by atoms with van der Waals surface area (Å²) in [6.45, 7) is 6.11. The first-order valence-corrected chi connectivity index (χ1v) is 8.37. The Bertz CT molecular complexity index is 845. The fourth-order valence-electron chi connectivity index (χ4n) is 2.45. The van der Waals surface area contributed by atoms with Crippen molar-refractivity contribution in [2.24, 2.45) is 0 Å². The molecule has 0 unspecified atom stereocenters. The molecule has 0 saturated heterocycles. The quantitative estimate of drug-likeness (QED) is 0.544. The molecule has 2 aromatic rings. The second-order valence-corrected chi connectivity index (χ2v) is 6.79. The molecule has 0 bridgehead atoms. The monoisotopic (exact) mass is 381 g/mol. The zero-order valence-corrected chi connectivity index (χ0v) is 15.6. The molecule has 4 nitrogen and oxygen atoms in total. The molecule has 7 heteroatoms. The van der Waals surface area contributed by atoms with Crippen LogP contribution in [0.4, 0.5) is 18.9 Å². The number of benzene rings is 2. The minimum Gasteiger partial charge on any atom is -0.465 e. The van der Waals surface area contributed by atoms with Crippen molar-refractivity contribution in [3.05, 3.63) is 53.1 Å². The summed E-state index contributed by atoms with van der Waals surface area (Å²) in [5, 5.41) is 0. The number of hydrogen-bond acceptors (Lipinski definition) is 4. The van der Waals surface area contributed by atoms with Gasteiger partial charge in [0.05, 0.1) is 18.4 Å². The van der Waals surface area contributed by atoms with E-state index in [1.54, 1.807) is 12.1 Å². The number of halogens is 3. The van der Waals surface area contributed by atoms with Crippen molar-refractivity contribution < 1.29 is 27.4 Å². The Morgan fingerprint density at radius 1 is 1.04 bits per heavy atom. The van der Waals surface area contributed by atoms with Crippen LogP contribution >= 0.6 is 0 Å². The van der Waals surface area contributed by atoms with Crippen molar-refractivity contribution in [3.63, 3.8) is 0 Å². The second kappa shape index (κ2) is 7.50. The molecule has 2 aromatic carbocycles. The average molecular weight is 381 g/mol. The van der Waals surface area contributed by atoms with Crippen molar-refractivity contribution in [2.45, 2.75) is 38.8 Å². The van der Waals surface area contributed by atoms with Gasteiger partial charge < -0.3 is 15.2 Å². The van der Waals surface area contributed by atoms with Crippen LogP contribution in [-0.4, -0.2) is 13.1 Å². The van der Waals surface area contributed by atoms with E-state index < -0.39 is 17.7 Å². The number of alkyl halides is 3. The molecule has 0 heterocycles. The highest BCUT2D eigenvalue weighted by atomic mass is 19.4. The highest BCUT2D eigenvalue weighted by Crippen LogP contribution is 2.37. The molecule has 146 valence electrons. The molecule has 0 fully saturated rings. The molecule has 0 aliphatic carbocycles. The fraction of sp³-hybridized carbons (Fsp3) is 0.350. The van der Waals surface area contributed by atoms with Crippen LogP contribution in [-0.2, 0) is 16.3 Å². The van der Waals surface area contributed by atoms with Crippen LogP contribution in [0.15, 0.2) is 36.4 Å². The maximum Gasteiger partial charge on any atom is 0.416 e. The average Bonchev–Trinajstić information content (AvgIpc) is 2.61. The first-order valence-electron chi connectivity index (χ1n) is 8.37. The van der Waals surface area contributed by atoms with Gasteiger partial charge >= 0.3 is 12.1 Å². The molecule has 0 saturated carbocycles. The molecule has 0 aromatic heterocycles. The van der Waals surface area contributed by atoms with Crippen molar-refractivity contribution in [1.29, 1.82) is 0 Å². The third kappa shape index (κ3) is 4.53. The summed E-state index contributed by atoms with van der Waals surface area (Å²) in [6, 6.07) is 7.87. The van der Waals surface area contributed by atoms with Gasteiger partial charge in [0.2, 0.25) is 0 Å². The Morgan fingerprint density at radius 2 is 1.63 bits per heavy atom. The Balaban J connectivity index is 2.45. The van der Waals surface area contributed by atoms with Gasteiger partial charge in [0, 0.05) is 0 Å². The van der Waals surface area contributed by atoms with Crippen LogP contribution < -0.4 is 10.5 Å². The Morgan fingerprint density at radius 3 is 2.15 bits per heavy atom. The van der Waals surface area contributed by atoms with Gasteiger partial charge in [-0.3, -0.25) is 0 Å². The van der Waals surface area contributed by atoms with Crippen LogP contribution in [0.5, 0.6) is 11.5 Å². The van der Waals surface area contributed by atoms with Gasteiger partial charge in [-0.15, -0.1) is 0 Å². The third-order valence-electron chi connectivity index (χ3n) is 4.61. The highest BCUT2D eigenvalue weighted by Gasteiger charge is 2.31. The number of hydrogen-bond donors (Lipinski definition) is 1. The van der Waals surface area contributed by atoms with E-state index in [1.165, 1.54) is 7.11 Å². The standard InChI is InChI=1S/C20H22F3NO3/c1-5-19(2,3)12-6-8-16(14(10-12)18(25)26-4)27-17-9-7-13(11-15(17)24)20(21,22)23/h6-11H,5,24H2,1-4H3. The van der Waals surface area contributed by atoms with E-state index >= 15 is 0 Å². The van der Waals surface area contributed by atoms with E-state index in [-0.39, 0.29) is 28.2 Å². The zero-order valence-electron chi connectivity index (χ0n) is 15.6. The maximum atomic E-state index is 12.8. The fourth-order valence-corrected chi connectivity index (χ4v) is 2.45. The van der Waals surface area contributed by atoms with E-state index in [2.05, 4.69) is 0 Å². The van der Waals surface area contributed by atoms with Crippen LogP contribution in [0, 0.1) is 0 Å². The SMILES string of the molecule is CCC(C)(C)c1ccc(Oc2ccc(C(F)(F)F)cc2N)c(C(=O)OC)c1. The Kier molecular flexibility index (Phi) is 5.73. The van der Waals surface area contributed by atoms with Gasteiger partial charge in [0.1, 0.15) is 17.1 Å². The lowest BCUT2D eigenvalue weighted by Crippen LogP contribution is -2.17. The number of methoxy groups -OCH3 is 1. The molecular weight excluding hydrogens is 359 g/mol. The lowest BCUT2D eigenvalue weighted by atomic mass is 9.81. The van der Waals surface area contributed by atoms with Gasteiger partial charge in [-0.2, -0.15) is 13.2 Å². The molecule has 0 amide bonds.